The van der Waals surface area contributed by atoms with Crippen molar-refractivity contribution in [2.45, 2.75) is 6.61 Å². The third-order valence-corrected chi connectivity index (χ3v) is 5.41. The number of halogens is 3. The van der Waals surface area contributed by atoms with Crippen LogP contribution in [0.1, 0.15) is 21.5 Å². The highest BCUT2D eigenvalue weighted by atomic mass is 79.9. The maximum Gasteiger partial charge on any atom is 0.271 e. The number of nitrogens with zero attached hydrogens (tertiary/aromatic N) is 1. The molecule has 0 heterocycles. The zero-order valence-corrected chi connectivity index (χ0v) is 19.0. The Hall–Kier alpha value is -2.54. The molecule has 1 amide bonds. The van der Waals surface area contributed by atoms with Crippen molar-refractivity contribution >= 4 is 51.3 Å². The summed E-state index contributed by atoms with van der Waals surface area (Å²) in [5, 5.41) is 5.11. The van der Waals surface area contributed by atoms with E-state index < -0.39 is 0 Å². The molecule has 0 fully saturated rings. The predicted molar refractivity (Wildman–Crippen MR) is 123 cm³/mol. The number of methoxy groups -OCH3 is 1. The van der Waals surface area contributed by atoms with Gasteiger partial charge in [0.25, 0.3) is 5.91 Å². The third kappa shape index (κ3) is 5.98. The minimum absolute atomic E-state index is 0.293. The fraction of sp³-hybridized carbons (Fsp3) is 0.0909. The molecule has 0 spiro atoms. The molecule has 30 heavy (non-hydrogen) atoms. The topological polar surface area (TPSA) is 59.9 Å². The van der Waals surface area contributed by atoms with Crippen molar-refractivity contribution in [2.24, 2.45) is 5.10 Å². The van der Waals surface area contributed by atoms with E-state index in [4.69, 9.17) is 32.7 Å². The zero-order valence-electron chi connectivity index (χ0n) is 15.9. The summed E-state index contributed by atoms with van der Waals surface area (Å²) in [5.74, 6) is 0.973. The fourth-order valence-electron chi connectivity index (χ4n) is 2.48. The Bertz CT molecular complexity index is 1070. The molecule has 3 aromatic carbocycles. The van der Waals surface area contributed by atoms with Crippen LogP contribution in [0.15, 0.2) is 70.2 Å². The van der Waals surface area contributed by atoms with Crippen LogP contribution >= 0.6 is 39.1 Å². The normalized spacial score (nSPS) is 10.8. The van der Waals surface area contributed by atoms with Gasteiger partial charge in [0.2, 0.25) is 0 Å². The number of hydrogen-bond acceptors (Lipinski definition) is 4. The number of ether oxygens (including phenoxy) is 2. The lowest BCUT2D eigenvalue weighted by Gasteiger charge is -2.09. The number of benzene rings is 3. The van der Waals surface area contributed by atoms with E-state index in [0.717, 1.165) is 15.6 Å². The van der Waals surface area contributed by atoms with Gasteiger partial charge in [0.1, 0.15) is 18.1 Å². The molecular weight excluding hydrogens is 491 g/mol. The van der Waals surface area contributed by atoms with E-state index in [1.165, 1.54) is 6.21 Å². The van der Waals surface area contributed by atoms with Gasteiger partial charge in [-0.15, -0.1) is 0 Å². The Morgan fingerprint density at radius 3 is 2.50 bits per heavy atom. The van der Waals surface area contributed by atoms with E-state index in [0.29, 0.717) is 33.7 Å². The van der Waals surface area contributed by atoms with Gasteiger partial charge in [0, 0.05) is 31.2 Å². The first-order chi connectivity index (χ1) is 14.5. The van der Waals surface area contributed by atoms with Crippen molar-refractivity contribution in [3.63, 3.8) is 0 Å². The molecule has 0 atom stereocenters. The van der Waals surface area contributed by atoms with E-state index in [9.17, 15) is 4.79 Å². The fourth-order valence-corrected chi connectivity index (χ4v) is 3.29. The molecule has 154 valence electrons. The van der Waals surface area contributed by atoms with Gasteiger partial charge in [-0.2, -0.15) is 5.10 Å². The Balaban J connectivity index is 1.57. The Kier molecular flexibility index (Phi) is 7.74. The highest BCUT2D eigenvalue weighted by molar-refractivity contribution is 9.10. The summed E-state index contributed by atoms with van der Waals surface area (Å²) in [7, 11) is 1.59. The second kappa shape index (κ2) is 10.5. The summed E-state index contributed by atoms with van der Waals surface area (Å²) in [6, 6.07) is 17.4. The monoisotopic (exact) mass is 506 g/mol. The molecule has 1 N–H and O–H groups in total. The van der Waals surface area contributed by atoms with Crippen molar-refractivity contribution in [1.29, 1.82) is 0 Å². The largest absolute Gasteiger partial charge is 0.497 e. The number of rotatable bonds is 7. The van der Waals surface area contributed by atoms with Crippen molar-refractivity contribution in [2.75, 3.05) is 7.11 Å². The number of hydrogen-bond donors (Lipinski definition) is 1. The highest BCUT2D eigenvalue weighted by Crippen LogP contribution is 2.23. The van der Waals surface area contributed by atoms with Crippen LogP contribution in [0.25, 0.3) is 0 Å². The molecule has 0 aromatic heterocycles. The zero-order chi connectivity index (χ0) is 21.5. The Morgan fingerprint density at radius 2 is 1.80 bits per heavy atom. The third-order valence-electron chi connectivity index (χ3n) is 4.10. The van der Waals surface area contributed by atoms with E-state index in [1.54, 1.807) is 49.6 Å². The average molecular weight is 508 g/mol. The molecule has 3 aromatic rings. The van der Waals surface area contributed by atoms with Crippen LogP contribution < -0.4 is 14.9 Å². The van der Waals surface area contributed by atoms with Crippen LogP contribution in [0.4, 0.5) is 0 Å². The molecular formula is C22H17BrCl2N2O3. The van der Waals surface area contributed by atoms with Crippen LogP contribution in [0, 0.1) is 0 Å². The van der Waals surface area contributed by atoms with Gasteiger partial charge in [-0.25, -0.2) is 5.43 Å². The van der Waals surface area contributed by atoms with E-state index in [-0.39, 0.29) is 5.91 Å². The molecule has 0 saturated heterocycles. The molecule has 3 rings (SSSR count). The molecule has 8 heteroatoms. The Labute approximate surface area is 192 Å². The number of carbonyl (C=O) groups excluding carboxylic acids is 1. The maximum absolute atomic E-state index is 12.3. The summed E-state index contributed by atoms with van der Waals surface area (Å²) in [6.45, 7) is 0.293. The SMILES string of the molecule is COc1ccc(Br)c(/C=N\NC(=O)c2ccc(OCc3ccc(Cl)cc3Cl)cc2)c1. The van der Waals surface area contributed by atoms with Gasteiger partial charge in [-0.05, 0) is 54.6 Å². The lowest BCUT2D eigenvalue weighted by molar-refractivity contribution is 0.0955. The summed E-state index contributed by atoms with van der Waals surface area (Å²) in [6.07, 6.45) is 1.54. The standard InChI is InChI=1S/C22H17BrCl2N2O3/c1-29-19-8-9-20(23)16(10-19)12-26-27-22(28)14-3-6-18(7-4-14)30-13-15-2-5-17(24)11-21(15)25/h2-12H,13H2,1H3,(H,27,28)/b26-12-. The minimum Gasteiger partial charge on any atom is -0.497 e. The van der Waals surface area contributed by atoms with E-state index >= 15 is 0 Å². The van der Waals surface area contributed by atoms with Gasteiger partial charge in [-0.3, -0.25) is 4.79 Å². The molecule has 0 aliphatic carbocycles. The molecule has 0 saturated carbocycles. The summed E-state index contributed by atoms with van der Waals surface area (Å²) in [5.41, 5.74) is 4.55. The molecule has 0 radical (unpaired) electrons. The second-order valence-corrected chi connectivity index (χ2v) is 7.83. The Morgan fingerprint density at radius 1 is 1.07 bits per heavy atom. The first-order valence-electron chi connectivity index (χ1n) is 8.80. The second-order valence-electron chi connectivity index (χ2n) is 6.14. The van der Waals surface area contributed by atoms with E-state index in [2.05, 4.69) is 26.5 Å². The summed E-state index contributed by atoms with van der Waals surface area (Å²) in [4.78, 5) is 12.3. The lowest BCUT2D eigenvalue weighted by atomic mass is 10.2. The summed E-state index contributed by atoms with van der Waals surface area (Å²) < 4.78 is 11.7. The van der Waals surface area contributed by atoms with Crippen molar-refractivity contribution < 1.29 is 14.3 Å². The molecule has 0 aliphatic rings. The number of hydrazone groups is 1. The number of amides is 1. The van der Waals surface area contributed by atoms with Gasteiger partial charge in [0.15, 0.2) is 0 Å². The van der Waals surface area contributed by atoms with Crippen LogP contribution in [-0.2, 0) is 6.61 Å². The minimum atomic E-state index is -0.336. The quantitative estimate of drug-likeness (QED) is 0.310. The van der Waals surface area contributed by atoms with Crippen molar-refractivity contribution in [3.8, 4) is 11.5 Å². The first-order valence-corrected chi connectivity index (χ1v) is 10.3. The van der Waals surface area contributed by atoms with Gasteiger partial charge in [-0.1, -0.05) is 45.2 Å². The number of nitrogens with one attached hydrogen (secondary N) is 1. The average Bonchev–Trinajstić information content (AvgIpc) is 2.74. The first kappa shape index (κ1) is 22.2. The van der Waals surface area contributed by atoms with Crippen LogP contribution in [0.5, 0.6) is 11.5 Å². The van der Waals surface area contributed by atoms with Crippen LogP contribution in [0.2, 0.25) is 10.0 Å². The van der Waals surface area contributed by atoms with Crippen molar-refractivity contribution in [3.05, 3.63) is 91.9 Å². The smallest absolute Gasteiger partial charge is 0.271 e. The van der Waals surface area contributed by atoms with E-state index in [1.807, 2.05) is 18.2 Å². The molecule has 5 nitrogen and oxygen atoms in total. The number of carbonyl (C=O) groups is 1. The molecule has 0 bridgehead atoms. The molecule has 0 unspecified atom stereocenters. The molecule has 0 aliphatic heterocycles. The van der Waals surface area contributed by atoms with Crippen LogP contribution in [-0.4, -0.2) is 19.2 Å². The van der Waals surface area contributed by atoms with Gasteiger partial charge in [0.05, 0.1) is 13.3 Å². The maximum atomic E-state index is 12.3. The summed E-state index contributed by atoms with van der Waals surface area (Å²) >= 11 is 15.5. The predicted octanol–water partition coefficient (Wildman–Crippen LogP) is 6.11. The lowest BCUT2D eigenvalue weighted by Crippen LogP contribution is -2.17. The van der Waals surface area contributed by atoms with Gasteiger partial charge >= 0.3 is 0 Å². The van der Waals surface area contributed by atoms with Gasteiger partial charge < -0.3 is 9.47 Å². The van der Waals surface area contributed by atoms with Crippen molar-refractivity contribution in [1.82, 2.24) is 5.43 Å². The van der Waals surface area contributed by atoms with Crippen LogP contribution in [0.3, 0.4) is 0 Å². The highest BCUT2D eigenvalue weighted by Gasteiger charge is 2.06.